The molecular formula is C12H12FNO3S. The van der Waals surface area contributed by atoms with Crippen molar-refractivity contribution < 1.29 is 19.4 Å². The number of carbonyl (C=O) groups is 1. The van der Waals surface area contributed by atoms with Gasteiger partial charge in [0, 0.05) is 18.2 Å². The molecule has 0 heterocycles. The molecule has 0 fully saturated rings. The van der Waals surface area contributed by atoms with E-state index >= 15 is 0 Å². The van der Waals surface area contributed by atoms with Gasteiger partial charge < -0.3 is 10.2 Å². The molecule has 2 N–H and O–H groups in total. The number of carbonyl (C=O) groups excluding carboxylic acids is 1. The van der Waals surface area contributed by atoms with Crippen molar-refractivity contribution in [2.45, 2.75) is 19.1 Å². The van der Waals surface area contributed by atoms with Gasteiger partial charge in [-0.25, -0.2) is 4.39 Å². The average Bonchev–Trinajstić information content (AvgIpc) is 2.34. The molecule has 1 rings (SSSR count). The first-order valence-electron chi connectivity index (χ1n) is 5.14. The second-order valence-electron chi connectivity index (χ2n) is 3.66. The Hall–Kier alpha value is -1.42. The minimum Gasteiger partial charge on any atom is -0.389 e. The van der Waals surface area contributed by atoms with Crippen molar-refractivity contribution in [3.8, 4) is 6.07 Å². The van der Waals surface area contributed by atoms with Gasteiger partial charge in [-0.1, -0.05) is 17.8 Å². The van der Waals surface area contributed by atoms with Gasteiger partial charge in [-0.3, -0.25) is 4.79 Å². The van der Waals surface area contributed by atoms with Crippen LogP contribution in [0, 0.1) is 17.1 Å². The predicted molar refractivity (Wildman–Crippen MR) is 65.2 cm³/mol. The number of hydrogen-bond donors (Lipinski definition) is 2. The number of halogens is 1. The summed E-state index contributed by atoms with van der Waals surface area (Å²) >= 11 is 0.852. The monoisotopic (exact) mass is 269 g/mol. The van der Waals surface area contributed by atoms with Crippen molar-refractivity contribution in [1.82, 2.24) is 0 Å². The van der Waals surface area contributed by atoms with E-state index in [1.807, 2.05) is 0 Å². The quantitative estimate of drug-likeness (QED) is 0.862. The number of rotatable bonds is 4. The van der Waals surface area contributed by atoms with Crippen LogP contribution in [0.5, 0.6) is 0 Å². The summed E-state index contributed by atoms with van der Waals surface area (Å²) in [5.74, 6) is -0.774. The third kappa shape index (κ3) is 3.81. The topological polar surface area (TPSA) is 81.3 Å². The van der Waals surface area contributed by atoms with Crippen LogP contribution in [0.2, 0.25) is 0 Å². The van der Waals surface area contributed by atoms with Crippen LogP contribution in [0.4, 0.5) is 4.39 Å². The molecule has 0 aromatic heterocycles. The molecule has 2 unspecified atom stereocenters. The maximum absolute atomic E-state index is 13.6. The molecule has 1 aromatic carbocycles. The van der Waals surface area contributed by atoms with Gasteiger partial charge in [0.05, 0.1) is 17.7 Å². The van der Waals surface area contributed by atoms with E-state index in [2.05, 4.69) is 0 Å². The van der Waals surface area contributed by atoms with E-state index in [9.17, 15) is 19.4 Å². The maximum Gasteiger partial charge on any atom is 0.185 e. The third-order valence-corrected chi connectivity index (χ3v) is 3.18. The lowest BCUT2D eigenvalue weighted by Crippen LogP contribution is -2.22. The number of aliphatic hydroxyl groups excluding tert-OH is 2. The molecule has 96 valence electrons. The van der Waals surface area contributed by atoms with E-state index in [0.717, 1.165) is 17.8 Å². The summed E-state index contributed by atoms with van der Waals surface area (Å²) in [6.07, 6.45) is -2.68. The number of nitriles is 1. The van der Waals surface area contributed by atoms with Crippen LogP contribution in [0.1, 0.15) is 24.2 Å². The van der Waals surface area contributed by atoms with Crippen molar-refractivity contribution in [2.75, 3.05) is 5.75 Å². The Kier molecular flexibility index (Phi) is 5.28. The van der Waals surface area contributed by atoms with Crippen LogP contribution in [0.3, 0.4) is 0 Å². The van der Waals surface area contributed by atoms with Crippen LogP contribution in [0.25, 0.3) is 0 Å². The van der Waals surface area contributed by atoms with Gasteiger partial charge in [-0.15, -0.1) is 0 Å². The number of aliphatic hydroxyl groups is 2. The summed E-state index contributed by atoms with van der Waals surface area (Å²) in [7, 11) is 0. The number of benzene rings is 1. The van der Waals surface area contributed by atoms with E-state index < -0.39 is 18.0 Å². The molecular weight excluding hydrogens is 257 g/mol. The Bertz CT molecular complexity index is 487. The molecule has 0 saturated heterocycles. The van der Waals surface area contributed by atoms with Crippen LogP contribution >= 0.6 is 11.8 Å². The first kappa shape index (κ1) is 14.6. The minimum atomic E-state index is -1.43. The Balaban J connectivity index is 2.80. The molecule has 0 radical (unpaired) electrons. The summed E-state index contributed by atoms with van der Waals surface area (Å²) in [4.78, 5) is 10.7. The lowest BCUT2D eigenvalue weighted by atomic mass is 10.0. The highest BCUT2D eigenvalue weighted by Crippen LogP contribution is 2.23. The first-order chi connectivity index (χ1) is 8.45. The van der Waals surface area contributed by atoms with E-state index in [1.165, 1.54) is 19.1 Å². The lowest BCUT2D eigenvalue weighted by Gasteiger charge is -2.17. The van der Waals surface area contributed by atoms with Gasteiger partial charge in [0.2, 0.25) is 0 Å². The molecule has 2 atom stereocenters. The molecule has 1 aromatic rings. The first-order valence-corrected chi connectivity index (χ1v) is 6.13. The van der Waals surface area contributed by atoms with Gasteiger partial charge in [-0.2, -0.15) is 5.26 Å². The largest absolute Gasteiger partial charge is 0.389 e. The van der Waals surface area contributed by atoms with Gasteiger partial charge in [0.15, 0.2) is 5.12 Å². The lowest BCUT2D eigenvalue weighted by molar-refractivity contribution is -0.109. The summed E-state index contributed by atoms with van der Waals surface area (Å²) in [5.41, 5.74) is 0.0432. The van der Waals surface area contributed by atoms with E-state index in [1.54, 1.807) is 6.07 Å². The fourth-order valence-electron chi connectivity index (χ4n) is 1.34. The summed E-state index contributed by atoms with van der Waals surface area (Å²) in [6.45, 7) is 1.34. The zero-order valence-electron chi connectivity index (χ0n) is 9.63. The summed E-state index contributed by atoms with van der Waals surface area (Å²) in [5, 5.41) is 27.7. The van der Waals surface area contributed by atoms with Crippen molar-refractivity contribution in [1.29, 1.82) is 5.26 Å². The van der Waals surface area contributed by atoms with E-state index in [-0.39, 0.29) is 22.0 Å². The van der Waals surface area contributed by atoms with Crippen LogP contribution in [0.15, 0.2) is 18.2 Å². The number of thioether (sulfide) groups is 1. The second-order valence-corrected chi connectivity index (χ2v) is 4.86. The number of nitrogens with zero attached hydrogens (tertiary/aromatic N) is 1. The molecule has 0 aliphatic carbocycles. The smallest absolute Gasteiger partial charge is 0.185 e. The molecule has 0 spiro atoms. The van der Waals surface area contributed by atoms with Crippen molar-refractivity contribution in [2.24, 2.45) is 0 Å². The average molecular weight is 269 g/mol. The molecule has 0 aliphatic rings. The highest BCUT2D eigenvalue weighted by atomic mass is 32.2. The fraction of sp³-hybridized carbons (Fsp3) is 0.333. The molecule has 6 heteroatoms. The Labute approximate surface area is 108 Å². The predicted octanol–water partition coefficient (Wildman–Crippen LogP) is 1.37. The molecule has 0 amide bonds. The third-order valence-electron chi connectivity index (χ3n) is 2.27. The van der Waals surface area contributed by atoms with Gasteiger partial charge >= 0.3 is 0 Å². The summed E-state index contributed by atoms with van der Waals surface area (Å²) < 4.78 is 13.6. The van der Waals surface area contributed by atoms with Crippen LogP contribution < -0.4 is 0 Å². The van der Waals surface area contributed by atoms with Crippen molar-refractivity contribution >= 4 is 16.9 Å². The zero-order valence-corrected chi connectivity index (χ0v) is 10.4. The SMILES string of the molecule is CC(=O)SCC(O)C(O)c1ccc(C#N)cc1F. The van der Waals surface area contributed by atoms with Crippen molar-refractivity contribution in [3.05, 3.63) is 35.1 Å². The van der Waals surface area contributed by atoms with Crippen LogP contribution in [-0.4, -0.2) is 27.2 Å². The fourth-order valence-corrected chi connectivity index (χ4v) is 1.93. The minimum absolute atomic E-state index is 0.0179. The highest BCUT2D eigenvalue weighted by Gasteiger charge is 2.22. The normalized spacial score (nSPS) is 13.7. The van der Waals surface area contributed by atoms with Gasteiger partial charge in [0.25, 0.3) is 0 Å². The Morgan fingerprint density at radius 1 is 1.56 bits per heavy atom. The molecule has 0 bridgehead atoms. The Morgan fingerprint density at radius 2 is 2.22 bits per heavy atom. The standard InChI is InChI=1S/C12H12FNO3S/c1-7(15)18-6-11(16)12(17)9-3-2-8(5-14)4-10(9)13/h2-4,11-12,16-17H,6H2,1H3. The van der Waals surface area contributed by atoms with E-state index in [0.29, 0.717) is 0 Å². The van der Waals surface area contributed by atoms with Crippen LogP contribution in [-0.2, 0) is 4.79 Å². The Morgan fingerprint density at radius 3 is 2.72 bits per heavy atom. The second kappa shape index (κ2) is 6.50. The molecule has 4 nitrogen and oxygen atoms in total. The number of hydrogen-bond acceptors (Lipinski definition) is 5. The molecule has 0 aliphatic heterocycles. The molecule has 0 saturated carbocycles. The summed E-state index contributed by atoms with van der Waals surface area (Å²) in [6, 6.07) is 5.36. The van der Waals surface area contributed by atoms with Gasteiger partial charge in [-0.05, 0) is 12.1 Å². The van der Waals surface area contributed by atoms with Gasteiger partial charge in [0.1, 0.15) is 11.9 Å². The zero-order chi connectivity index (χ0) is 13.7. The van der Waals surface area contributed by atoms with E-state index in [4.69, 9.17) is 5.26 Å². The maximum atomic E-state index is 13.6. The highest BCUT2D eigenvalue weighted by molar-refractivity contribution is 8.13. The van der Waals surface area contributed by atoms with Crippen molar-refractivity contribution in [3.63, 3.8) is 0 Å². The molecule has 18 heavy (non-hydrogen) atoms.